The lowest BCUT2D eigenvalue weighted by molar-refractivity contribution is 0.155. The summed E-state index contributed by atoms with van der Waals surface area (Å²) >= 11 is 0. The summed E-state index contributed by atoms with van der Waals surface area (Å²) in [6.07, 6.45) is 0.801. The first kappa shape index (κ1) is 16.2. The van der Waals surface area contributed by atoms with Crippen molar-refractivity contribution in [2.75, 3.05) is 12.4 Å². The van der Waals surface area contributed by atoms with Crippen molar-refractivity contribution >= 4 is 22.9 Å². The maximum atomic E-state index is 11.9. The molecule has 124 valence electrons. The Kier molecular flexibility index (Phi) is 4.72. The molecule has 0 fully saturated rings. The molecule has 1 aromatic heterocycles. The number of nitriles is 1. The standard InChI is InChI=1S/C18H14N4O3/c1-24-15-8-7-13(9-19)14-10-20-17(21-16(14)15)22-18(23)25-11-12-5-3-2-4-6-12/h2-8,10H,11H2,1H3,(H,20,21,22,23). The average Bonchev–Trinajstić information content (AvgIpc) is 2.66. The number of fused-ring (bicyclic) bond motifs is 1. The van der Waals surface area contributed by atoms with Crippen molar-refractivity contribution in [3.8, 4) is 11.8 Å². The van der Waals surface area contributed by atoms with Crippen LogP contribution >= 0.6 is 0 Å². The van der Waals surface area contributed by atoms with Crippen LogP contribution in [0, 0.1) is 11.3 Å². The third-order valence-corrected chi connectivity index (χ3v) is 3.48. The van der Waals surface area contributed by atoms with Gasteiger partial charge in [0, 0.05) is 11.6 Å². The zero-order valence-electron chi connectivity index (χ0n) is 13.4. The van der Waals surface area contributed by atoms with E-state index in [9.17, 15) is 4.79 Å². The Morgan fingerprint density at radius 1 is 1.24 bits per heavy atom. The fourth-order valence-corrected chi connectivity index (χ4v) is 2.27. The highest BCUT2D eigenvalue weighted by Gasteiger charge is 2.12. The number of hydrogen-bond donors (Lipinski definition) is 1. The fraction of sp³-hybridized carbons (Fsp3) is 0.111. The van der Waals surface area contributed by atoms with Gasteiger partial charge in [0.25, 0.3) is 0 Å². The van der Waals surface area contributed by atoms with Crippen LogP contribution in [0.1, 0.15) is 11.1 Å². The second-order valence-corrected chi connectivity index (χ2v) is 5.07. The summed E-state index contributed by atoms with van der Waals surface area (Å²) in [6.45, 7) is 0.141. The van der Waals surface area contributed by atoms with E-state index in [2.05, 4.69) is 21.4 Å². The molecule has 2 aromatic carbocycles. The lowest BCUT2D eigenvalue weighted by atomic mass is 10.1. The molecule has 1 amide bonds. The second kappa shape index (κ2) is 7.27. The summed E-state index contributed by atoms with van der Waals surface area (Å²) in [4.78, 5) is 20.2. The third kappa shape index (κ3) is 3.64. The molecule has 0 saturated heterocycles. The zero-order valence-corrected chi connectivity index (χ0v) is 13.4. The average molecular weight is 334 g/mol. The SMILES string of the molecule is COc1ccc(C#N)c2cnc(NC(=O)OCc3ccccc3)nc12. The van der Waals surface area contributed by atoms with Crippen LogP contribution in [0.5, 0.6) is 5.75 Å². The summed E-state index contributed by atoms with van der Waals surface area (Å²) in [6, 6.07) is 14.7. The Bertz CT molecular complexity index is 952. The molecule has 0 radical (unpaired) electrons. The summed E-state index contributed by atoms with van der Waals surface area (Å²) in [5, 5.41) is 12.2. The molecule has 0 aliphatic carbocycles. The highest BCUT2D eigenvalue weighted by Crippen LogP contribution is 2.26. The van der Waals surface area contributed by atoms with E-state index in [0.29, 0.717) is 22.2 Å². The van der Waals surface area contributed by atoms with Gasteiger partial charge in [-0.25, -0.2) is 14.8 Å². The van der Waals surface area contributed by atoms with Gasteiger partial charge in [-0.1, -0.05) is 30.3 Å². The van der Waals surface area contributed by atoms with Gasteiger partial charge in [-0.15, -0.1) is 0 Å². The largest absolute Gasteiger partial charge is 0.494 e. The number of ether oxygens (including phenoxy) is 2. The molecule has 0 unspecified atom stereocenters. The molecule has 7 nitrogen and oxygen atoms in total. The van der Waals surface area contributed by atoms with Crippen LogP contribution in [-0.4, -0.2) is 23.2 Å². The van der Waals surface area contributed by atoms with Crippen molar-refractivity contribution in [1.29, 1.82) is 5.26 Å². The molecule has 3 aromatic rings. The minimum Gasteiger partial charge on any atom is -0.494 e. The van der Waals surface area contributed by atoms with Gasteiger partial charge in [-0.05, 0) is 17.7 Å². The van der Waals surface area contributed by atoms with E-state index >= 15 is 0 Å². The molecule has 0 spiro atoms. The molecule has 1 heterocycles. The molecule has 0 aliphatic rings. The van der Waals surface area contributed by atoms with Crippen molar-refractivity contribution in [1.82, 2.24) is 9.97 Å². The molecular weight excluding hydrogens is 320 g/mol. The van der Waals surface area contributed by atoms with E-state index in [0.717, 1.165) is 5.56 Å². The van der Waals surface area contributed by atoms with E-state index in [1.807, 2.05) is 30.3 Å². The van der Waals surface area contributed by atoms with Crippen molar-refractivity contribution in [3.05, 3.63) is 59.8 Å². The Hall–Kier alpha value is -3.66. The van der Waals surface area contributed by atoms with Crippen molar-refractivity contribution in [3.63, 3.8) is 0 Å². The number of hydrogen-bond acceptors (Lipinski definition) is 6. The highest BCUT2D eigenvalue weighted by atomic mass is 16.5. The summed E-state index contributed by atoms with van der Waals surface area (Å²) in [5.41, 5.74) is 1.74. The minimum atomic E-state index is -0.668. The second-order valence-electron chi connectivity index (χ2n) is 5.07. The first-order valence-corrected chi connectivity index (χ1v) is 7.43. The molecule has 1 N–H and O–H groups in total. The molecule has 0 bridgehead atoms. The van der Waals surface area contributed by atoms with Gasteiger partial charge in [0.1, 0.15) is 17.9 Å². The number of nitrogens with one attached hydrogen (secondary N) is 1. The number of rotatable bonds is 4. The van der Waals surface area contributed by atoms with E-state index in [1.54, 1.807) is 12.1 Å². The predicted molar refractivity (Wildman–Crippen MR) is 91.1 cm³/mol. The van der Waals surface area contributed by atoms with Crippen LogP contribution < -0.4 is 10.1 Å². The highest BCUT2D eigenvalue weighted by molar-refractivity contribution is 5.91. The van der Waals surface area contributed by atoms with Crippen LogP contribution in [0.2, 0.25) is 0 Å². The van der Waals surface area contributed by atoms with Crippen molar-refractivity contribution < 1.29 is 14.3 Å². The maximum Gasteiger partial charge on any atom is 0.414 e. The quantitative estimate of drug-likeness (QED) is 0.786. The molecule has 0 aliphatic heterocycles. The van der Waals surface area contributed by atoms with Gasteiger partial charge in [0.05, 0.1) is 18.7 Å². The summed E-state index contributed by atoms with van der Waals surface area (Å²) in [5.74, 6) is 0.552. The van der Waals surface area contributed by atoms with Gasteiger partial charge in [-0.3, -0.25) is 5.32 Å². The third-order valence-electron chi connectivity index (χ3n) is 3.48. The summed E-state index contributed by atoms with van der Waals surface area (Å²) < 4.78 is 10.4. The lowest BCUT2D eigenvalue weighted by Gasteiger charge is -2.09. The van der Waals surface area contributed by atoms with Crippen LogP contribution in [-0.2, 0) is 11.3 Å². The Morgan fingerprint density at radius 3 is 2.76 bits per heavy atom. The zero-order chi connectivity index (χ0) is 17.6. The molecule has 25 heavy (non-hydrogen) atoms. The van der Waals surface area contributed by atoms with Gasteiger partial charge in [0.2, 0.25) is 5.95 Å². The van der Waals surface area contributed by atoms with Gasteiger partial charge in [-0.2, -0.15) is 5.26 Å². The normalized spacial score (nSPS) is 10.1. The van der Waals surface area contributed by atoms with Crippen LogP contribution in [0.25, 0.3) is 10.9 Å². The fourth-order valence-electron chi connectivity index (χ4n) is 2.27. The Balaban J connectivity index is 1.77. The van der Waals surface area contributed by atoms with E-state index < -0.39 is 6.09 Å². The first-order valence-electron chi connectivity index (χ1n) is 7.43. The van der Waals surface area contributed by atoms with Crippen molar-refractivity contribution in [2.24, 2.45) is 0 Å². The number of carbonyl (C=O) groups excluding carboxylic acids is 1. The number of methoxy groups -OCH3 is 1. The molecule has 0 saturated carbocycles. The van der Waals surface area contributed by atoms with Gasteiger partial charge < -0.3 is 9.47 Å². The number of carbonyl (C=O) groups is 1. The number of aromatic nitrogens is 2. The molecular formula is C18H14N4O3. The first-order chi connectivity index (χ1) is 12.2. The Morgan fingerprint density at radius 2 is 2.04 bits per heavy atom. The predicted octanol–water partition coefficient (Wildman–Crippen LogP) is 3.26. The van der Waals surface area contributed by atoms with Crippen LogP contribution in [0.3, 0.4) is 0 Å². The maximum absolute atomic E-state index is 11.9. The number of amides is 1. The molecule has 3 rings (SSSR count). The Labute approximate surface area is 143 Å². The van der Waals surface area contributed by atoms with E-state index in [-0.39, 0.29) is 12.6 Å². The van der Waals surface area contributed by atoms with E-state index in [1.165, 1.54) is 13.3 Å². The lowest BCUT2D eigenvalue weighted by Crippen LogP contribution is -2.15. The smallest absolute Gasteiger partial charge is 0.414 e. The number of nitrogens with zero attached hydrogens (tertiary/aromatic N) is 3. The van der Waals surface area contributed by atoms with Crippen LogP contribution in [0.15, 0.2) is 48.7 Å². The van der Waals surface area contributed by atoms with Crippen molar-refractivity contribution in [2.45, 2.75) is 6.61 Å². The van der Waals surface area contributed by atoms with Gasteiger partial charge >= 0.3 is 6.09 Å². The van der Waals surface area contributed by atoms with Gasteiger partial charge in [0.15, 0.2) is 0 Å². The van der Waals surface area contributed by atoms with E-state index in [4.69, 9.17) is 14.7 Å². The molecule has 0 atom stereocenters. The molecule has 7 heteroatoms. The number of benzene rings is 2. The number of anilines is 1. The summed E-state index contributed by atoms with van der Waals surface area (Å²) in [7, 11) is 1.50. The minimum absolute atomic E-state index is 0.0685. The van der Waals surface area contributed by atoms with Crippen LogP contribution in [0.4, 0.5) is 10.7 Å². The monoisotopic (exact) mass is 334 g/mol. The topological polar surface area (TPSA) is 97.1 Å².